The number of carboxylic acid groups (broad SMARTS) is 1. The number of carbonyl (C=O) groups is 1. The Hall–Kier alpha value is -1.36. The standard InChI is InChI=1S/C12H15NO3S/c14-12(15)9-1-3-10(4-2-9)13-11-5-7-17(16)8-6-11/h1-4,11,13H,5-8H2,(H,14,15). The largest absolute Gasteiger partial charge is 0.478 e. The Morgan fingerprint density at radius 3 is 2.35 bits per heavy atom. The number of hydrogen-bond acceptors (Lipinski definition) is 3. The van der Waals surface area contributed by atoms with E-state index in [0.717, 1.165) is 30.0 Å². The van der Waals surface area contributed by atoms with Crippen molar-refractivity contribution in [3.05, 3.63) is 29.8 Å². The van der Waals surface area contributed by atoms with E-state index in [4.69, 9.17) is 5.11 Å². The van der Waals surface area contributed by atoms with Crippen molar-refractivity contribution in [1.82, 2.24) is 0 Å². The molecule has 5 heteroatoms. The zero-order valence-corrected chi connectivity index (χ0v) is 10.2. The van der Waals surface area contributed by atoms with Gasteiger partial charge in [0.2, 0.25) is 0 Å². The van der Waals surface area contributed by atoms with E-state index in [1.54, 1.807) is 24.3 Å². The van der Waals surface area contributed by atoms with Gasteiger partial charge in [0.05, 0.1) is 5.56 Å². The molecule has 2 rings (SSSR count). The van der Waals surface area contributed by atoms with Crippen LogP contribution in [0.3, 0.4) is 0 Å². The maximum Gasteiger partial charge on any atom is 0.335 e. The van der Waals surface area contributed by atoms with Crippen molar-refractivity contribution < 1.29 is 14.1 Å². The van der Waals surface area contributed by atoms with Crippen molar-refractivity contribution in [2.24, 2.45) is 0 Å². The number of rotatable bonds is 3. The first-order valence-electron chi connectivity index (χ1n) is 5.60. The van der Waals surface area contributed by atoms with Gasteiger partial charge in [0, 0.05) is 34.0 Å². The van der Waals surface area contributed by atoms with Gasteiger partial charge in [0.25, 0.3) is 0 Å². The van der Waals surface area contributed by atoms with Crippen molar-refractivity contribution >= 4 is 22.5 Å². The summed E-state index contributed by atoms with van der Waals surface area (Å²) in [7, 11) is -0.646. The lowest BCUT2D eigenvalue weighted by Crippen LogP contribution is -2.29. The van der Waals surface area contributed by atoms with Crippen LogP contribution < -0.4 is 5.32 Å². The van der Waals surface area contributed by atoms with E-state index in [1.807, 2.05) is 0 Å². The second-order valence-electron chi connectivity index (χ2n) is 4.15. The van der Waals surface area contributed by atoms with E-state index in [-0.39, 0.29) is 0 Å². The van der Waals surface area contributed by atoms with Gasteiger partial charge in [0.1, 0.15) is 0 Å². The van der Waals surface area contributed by atoms with Crippen molar-refractivity contribution in [2.45, 2.75) is 18.9 Å². The molecular weight excluding hydrogens is 238 g/mol. The Morgan fingerprint density at radius 1 is 1.24 bits per heavy atom. The quantitative estimate of drug-likeness (QED) is 0.860. The first-order valence-corrected chi connectivity index (χ1v) is 7.09. The molecule has 0 unspecified atom stereocenters. The van der Waals surface area contributed by atoms with E-state index < -0.39 is 16.8 Å². The van der Waals surface area contributed by atoms with E-state index in [2.05, 4.69) is 5.32 Å². The summed E-state index contributed by atoms with van der Waals surface area (Å²) in [5, 5.41) is 12.1. The molecule has 0 saturated carbocycles. The lowest BCUT2D eigenvalue weighted by Gasteiger charge is -2.23. The van der Waals surface area contributed by atoms with Gasteiger partial charge in [-0.1, -0.05) is 0 Å². The zero-order chi connectivity index (χ0) is 12.3. The summed E-state index contributed by atoms with van der Waals surface area (Å²) < 4.78 is 11.2. The Morgan fingerprint density at radius 2 is 1.82 bits per heavy atom. The Balaban J connectivity index is 1.95. The van der Waals surface area contributed by atoms with E-state index >= 15 is 0 Å². The maximum atomic E-state index is 11.2. The molecule has 1 aromatic carbocycles. The molecule has 1 aliphatic rings. The molecule has 4 nitrogen and oxygen atoms in total. The lowest BCUT2D eigenvalue weighted by atomic mass is 10.1. The predicted octanol–water partition coefficient (Wildman–Crippen LogP) is 1.71. The summed E-state index contributed by atoms with van der Waals surface area (Å²) in [5.74, 6) is 0.597. The molecule has 92 valence electrons. The van der Waals surface area contributed by atoms with E-state index in [0.29, 0.717) is 11.6 Å². The number of nitrogens with one attached hydrogen (secondary N) is 1. The molecule has 1 aliphatic heterocycles. The van der Waals surface area contributed by atoms with Crippen LogP contribution in [-0.2, 0) is 10.8 Å². The van der Waals surface area contributed by atoms with Crippen molar-refractivity contribution in [3.63, 3.8) is 0 Å². The third-order valence-electron chi connectivity index (χ3n) is 2.89. The summed E-state index contributed by atoms with van der Waals surface area (Å²) in [6, 6.07) is 7.07. The minimum Gasteiger partial charge on any atom is -0.478 e. The maximum absolute atomic E-state index is 11.2. The Bertz CT molecular complexity index is 420. The van der Waals surface area contributed by atoms with Crippen LogP contribution in [0.15, 0.2) is 24.3 Å². The topological polar surface area (TPSA) is 66.4 Å². The van der Waals surface area contributed by atoms with Crippen molar-refractivity contribution in [3.8, 4) is 0 Å². The number of carboxylic acids is 1. The molecule has 1 saturated heterocycles. The average Bonchev–Trinajstić information content (AvgIpc) is 2.33. The monoisotopic (exact) mass is 253 g/mol. The highest BCUT2D eigenvalue weighted by atomic mass is 32.2. The van der Waals surface area contributed by atoms with Gasteiger partial charge in [-0.3, -0.25) is 4.21 Å². The summed E-state index contributed by atoms with van der Waals surface area (Å²) in [6.45, 7) is 0. The summed E-state index contributed by atoms with van der Waals surface area (Å²) in [5.41, 5.74) is 1.22. The first kappa shape index (κ1) is 12.1. The van der Waals surface area contributed by atoms with E-state index in [1.165, 1.54) is 0 Å². The SMILES string of the molecule is O=C(O)c1ccc(NC2CCS(=O)CC2)cc1. The van der Waals surface area contributed by atoms with Crippen LogP contribution in [0.5, 0.6) is 0 Å². The van der Waals surface area contributed by atoms with Crippen molar-refractivity contribution in [2.75, 3.05) is 16.8 Å². The van der Waals surface area contributed by atoms with Gasteiger partial charge in [-0.2, -0.15) is 0 Å². The van der Waals surface area contributed by atoms with Crippen LogP contribution >= 0.6 is 0 Å². The molecule has 0 atom stereocenters. The van der Waals surface area contributed by atoms with Gasteiger partial charge in [-0.25, -0.2) is 4.79 Å². The fraction of sp³-hybridized carbons (Fsp3) is 0.417. The molecule has 0 amide bonds. The third-order valence-corrected chi connectivity index (χ3v) is 4.27. The minimum absolute atomic E-state index is 0.292. The van der Waals surface area contributed by atoms with Crippen LogP contribution in [0.1, 0.15) is 23.2 Å². The van der Waals surface area contributed by atoms with Crippen LogP contribution in [-0.4, -0.2) is 32.8 Å². The molecule has 2 N–H and O–H groups in total. The van der Waals surface area contributed by atoms with Gasteiger partial charge in [-0.05, 0) is 37.1 Å². The molecule has 0 aromatic heterocycles. The second kappa shape index (κ2) is 5.31. The van der Waals surface area contributed by atoms with Gasteiger partial charge < -0.3 is 10.4 Å². The highest BCUT2D eigenvalue weighted by molar-refractivity contribution is 7.85. The van der Waals surface area contributed by atoms with Gasteiger partial charge in [0.15, 0.2) is 0 Å². The van der Waals surface area contributed by atoms with Crippen LogP contribution in [0.2, 0.25) is 0 Å². The molecule has 0 bridgehead atoms. The number of benzene rings is 1. The van der Waals surface area contributed by atoms with Crippen LogP contribution in [0.4, 0.5) is 5.69 Å². The fourth-order valence-corrected chi connectivity index (χ4v) is 3.18. The smallest absolute Gasteiger partial charge is 0.335 e. The number of anilines is 1. The molecular formula is C12H15NO3S. The van der Waals surface area contributed by atoms with Gasteiger partial charge in [-0.15, -0.1) is 0 Å². The van der Waals surface area contributed by atoms with Crippen LogP contribution in [0.25, 0.3) is 0 Å². The van der Waals surface area contributed by atoms with E-state index in [9.17, 15) is 9.00 Å². The fourth-order valence-electron chi connectivity index (χ4n) is 1.88. The Kier molecular flexibility index (Phi) is 3.78. The van der Waals surface area contributed by atoms with Crippen LogP contribution in [0, 0.1) is 0 Å². The number of hydrogen-bond donors (Lipinski definition) is 2. The molecule has 17 heavy (non-hydrogen) atoms. The molecule has 0 radical (unpaired) electrons. The predicted molar refractivity (Wildman–Crippen MR) is 67.9 cm³/mol. The second-order valence-corrected chi connectivity index (χ2v) is 5.85. The molecule has 1 heterocycles. The normalized spacial score (nSPS) is 24.2. The molecule has 0 aliphatic carbocycles. The number of aromatic carboxylic acids is 1. The molecule has 1 fully saturated rings. The highest BCUT2D eigenvalue weighted by Crippen LogP contribution is 2.16. The summed E-state index contributed by atoms with van der Waals surface area (Å²) >= 11 is 0. The molecule has 0 spiro atoms. The van der Waals surface area contributed by atoms with Crippen molar-refractivity contribution in [1.29, 1.82) is 0 Å². The Labute approximate surface area is 102 Å². The summed E-state index contributed by atoms with van der Waals surface area (Å²) in [4.78, 5) is 10.7. The molecule has 1 aromatic rings. The summed E-state index contributed by atoms with van der Waals surface area (Å²) in [6.07, 6.45) is 1.82. The zero-order valence-electron chi connectivity index (χ0n) is 9.39. The lowest BCUT2D eigenvalue weighted by molar-refractivity contribution is 0.0697. The average molecular weight is 253 g/mol. The highest BCUT2D eigenvalue weighted by Gasteiger charge is 2.17. The third kappa shape index (κ3) is 3.30. The first-order chi connectivity index (χ1) is 8.15. The minimum atomic E-state index is -0.912. The van der Waals surface area contributed by atoms with Gasteiger partial charge >= 0.3 is 5.97 Å².